The van der Waals surface area contributed by atoms with Gasteiger partial charge in [0, 0.05) is 36.8 Å². The number of nitrogens with one attached hydrogen (secondary N) is 1. The number of hydrogen-bond donors (Lipinski definition) is 1. The fourth-order valence-electron chi connectivity index (χ4n) is 1.61. The van der Waals surface area contributed by atoms with Gasteiger partial charge in [0.15, 0.2) is 0 Å². The molecule has 1 aliphatic rings. The maximum atomic E-state index is 3.92. The Morgan fingerprint density at radius 2 is 2.42 bits per heavy atom. The highest BCUT2D eigenvalue weighted by atomic mass is 15.2. The van der Waals surface area contributed by atoms with Crippen molar-refractivity contribution in [2.45, 2.75) is 32.9 Å². The predicted molar refractivity (Wildman–Crippen MR) is 46.7 cm³/mol. The van der Waals surface area contributed by atoms with Crippen molar-refractivity contribution < 1.29 is 0 Å². The van der Waals surface area contributed by atoms with Crippen LogP contribution in [0.5, 0.6) is 0 Å². The fraction of sp³-hybridized carbons (Fsp3) is 0.667. The van der Waals surface area contributed by atoms with Gasteiger partial charge in [-0.05, 0) is 13.8 Å². The van der Waals surface area contributed by atoms with Crippen LogP contribution in [0.15, 0.2) is 0 Å². The van der Waals surface area contributed by atoms with Crippen molar-refractivity contribution in [3.63, 3.8) is 0 Å². The third-order valence-electron chi connectivity index (χ3n) is 2.49. The molecule has 65 valence electrons. The van der Waals surface area contributed by atoms with E-state index in [1.807, 2.05) is 0 Å². The van der Waals surface area contributed by atoms with E-state index < -0.39 is 0 Å². The van der Waals surface area contributed by atoms with Gasteiger partial charge >= 0.3 is 0 Å². The van der Waals surface area contributed by atoms with E-state index in [1.165, 1.54) is 11.3 Å². The topological polar surface area (TPSA) is 31.9 Å². The van der Waals surface area contributed by atoms with E-state index in [4.69, 9.17) is 0 Å². The SMILES string of the molecule is CC(C)N1CCc2[nH]n[c]c2C1. The second-order valence-electron chi connectivity index (χ2n) is 3.61. The van der Waals surface area contributed by atoms with Crippen LogP contribution < -0.4 is 0 Å². The minimum Gasteiger partial charge on any atom is -0.296 e. The average Bonchev–Trinajstić information content (AvgIpc) is 2.49. The monoisotopic (exact) mass is 164 g/mol. The first-order valence-electron chi connectivity index (χ1n) is 4.45. The summed E-state index contributed by atoms with van der Waals surface area (Å²) in [5.41, 5.74) is 2.52. The highest BCUT2D eigenvalue weighted by Gasteiger charge is 2.19. The Bertz CT molecular complexity index is 264. The molecule has 0 amide bonds. The molecule has 0 aliphatic carbocycles. The minimum atomic E-state index is 0.626. The van der Waals surface area contributed by atoms with E-state index in [2.05, 4.69) is 35.1 Å². The largest absolute Gasteiger partial charge is 0.296 e. The van der Waals surface area contributed by atoms with Crippen molar-refractivity contribution in [3.05, 3.63) is 17.5 Å². The quantitative estimate of drug-likeness (QED) is 0.671. The molecule has 12 heavy (non-hydrogen) atoms. The Labute approximate surface area is 72.8 Å². The second-order valence-corrected chi connectivity index (χ2v) is 3.61. The molecule has 0 unspecified atom stereocenters. The summed E-state index contributed by atoms with van der Waals surface area (Å²) in [6, 6.07) is 0.626. The minimum absolute atomic E-state index is 0.626. The van der Waals surface area contributed by atoms with Crippen molar-refractivity contribution >= 4 is 0 Å². The Hall–Kier alpha value is -0.830. The van der Waals surface area contributed by atoms with Gasteiger partial charge in [-0.2, -0.15) is 5.10 Å². The lowest BCUT2D eigenvalue weighted by molar-refractivity contribution is 0.202. The molecule has 0 bridgehead atoms. The van der Waals surface area contributed by atoms with Crippen molar-refractivity contribution in [2.24, 2.45) is 0 Å². The summed E-state index contributed by atoms with van der Waals surface area (Å²) in [5.74, 6) is 0. The van der Waals surface area contributed by atoms with Crippen LogP contribution in [0.25, 0.3) is 0 Å². The molecule has 0 spiro atoms. The molecule has 0 fully saturated rings. The molecule has 0 saturated heterocycles. The molecule has 0 atom stereocenters. The van der Waals surface area contributed by atoms with Gasteiger partial charge in [-0.15, -0.1) is 0 Å². The third kappa shape index (κ3) is 1.25. The molecule has 0 saturated carbocycles. The van der Waals surface area contributed by atoms with Gasteiger partial charge in [0.2, 0.25) is 0 Å². The van der Waals surface area contributed by atoms with E-state index in [1.54, 1.807) is 0 Å². The van der Waals surface area contributed by atoms with Crippen LogP contribution >= 0.6 is 0 Å². The highest BCUT2D eigenvalue weighted by Crippen LogP contribution is 2.16. The van der Waals surface area contributed by atoms with Crippen LogP contribution in [0, 0.1) is 6.20 Å². The van der Waals surface area contributed by atoms with E-state index in [0.717, 1.165) is 19.5 Å². The number of aromatic amines is 1. The van der Waals surface area contributed by atoms with E-state index >= 15 is 0 Å². The fourth-order valence-corrected chi connectivity index (χ4v) is 1.61. The van der Waals surface area contributed by atoms with Crippen LogP contribution in [-0.2, 0) is 13.0 Å². The lowest BCUT2D eigenvalue weighted by atomic mass is 10.1. The standard InChI is InChI=1S/C9H14N3/c1-7(2)12-4-3-9-8(6-12)5-10-11-9/h7H,3-4,6H2,1-2H3,(H,10,11). The maximum Gasteiger partial charge on any atom is 0.117 e. The van der Waals surface area contributed by atoms with Gasteiger partial charge < -0.3 is 0 Å². The van der Waals surface area contributed by atoms with Gasteiger partial charge in [-0.3, -0.25) is 10.00 Å². The normalized spacial score (nSPS) is 18.2. The van der Waals surface area contributed by atoms with E-state index in [0.29, 0.717) is 6.04 Å². The molecule has 3 heteroatoms. The van der Waals surface area contributed by atoms with Gasteiger partial charge in [0.05, 0.1) is 0 Å². The smallest absolute Gasteiger partial charge is 0.117 e. The first-order valence-corrected chi connectivity index (χ1v) is 4.45. The lowest BCUT2D eigenvalue weighted by Crippen LogP contribution is -2.35. The maximum absolute atomic E-state index is 3.92. The van der Waals surface area contributed by atoms with Crippen molar-refractivity contribution in [1.82, 2.24) is 15.1 Å². The number of aromatic nitrogens is 2. The van der Waals surface area contributed by atoms with Gasteiger partial charge in [-0.1, -0.05) is 0 Å². The molecule has 1 aromatic heterocycles. The van der Waals surface area contributed by atoms with Crippen LogP contribution in [0.2, 0.25) is 0 Å². The zero-order valence-electron chi connectivity index (χ0n) is 7.59. The van der Waals surface area contributed by atoms with Crippen LogP contribution in [0.4, 0.5) is 0 Å². The first kappa shape index (κ1) is 7.80. The molecule has 1 N–H and O–H groups in total. The van der Waals surface area contributed by atoms with Crippen LogP contribution in [0.3, 0.4) is 0 Å². The molecule has 1 radical (unpaired) electrons. The molecule has 2 heterocycles. The van der Waals surface area contributed by atoms with Crippen LogP contribution in [0.1, 0.15) is 25.1 Å². The Balaban J connectivity index is 2.15. The number of H-pyrrole nitrogens is 1. The summed E-state index contributed by atoms with van der Waals surface area (Å²) >= 11 is 0. The van der Waals surface area contributed by atoms with Gasteiger partial charge in [0.25, 0.3) is 0 Å². The molecular formula is C9H14N3. The molecule has 2 rings (SSSR count). The van der Waals surface area contributed by atoms with Gasteiger partial charge in [-0.25, -0.2) is 0 Å². The van der Waals surface area contributed by atoms with E-state index in [-0.39, 0.29) is 0 Å². The van der Waals surface area contributed by atoms with Crippen LogP contribution in [-0.4, -0.2) is 27.7 Å². The summed E-state index contributed by atoms with van der Waals surface area (Å²) < 4.78 is 0. The zero-order valence-corrected chi connectivity index (χ0v) is 7.59. The summed E-state index contributed by atoms with van der Waals surface area (Å²) in [4.78, 5) is 2.44. The molecule has 3 nitrogen and oxygen atoms in total. The number of rotatable bonds is 1. The summed E-state index contributed by atoms with van der Waals surface area (Å²) in [7, 11) is 0. The van der Waals surface area contributed by atoms with Crippen molar-refractivity contribution in [1.29, 1.82) is 0 Å². The Morgan fingerprint density at radius 1 is 1.58 bits per heavy atom. The Kier molecular flexibility index (Phi) is 1.89. The molecule has 1 aromatic rings. The Morgan fingerprint density at radius 3 is 3.17 bits per heavy atom. The summed E-state index contributed by atoms with van der Waals surface area (Å²) in [6.07, 6.45) is 4.08. The van der Waals surface area contributed by atoms with Crippen molar-refractivity contribution in [3.8, 4) is 0 Å². The zero-order chi connectivity index (χ0) is 8.55. The lowest BCUT2D eigenvalue weighted by Gasteiger charge is -2.29. The second kappa shape index (κ2) is 2.90. The first-order chi connectivity index (χ1) is 5.77. The number of fused-ring (bicyclic) bond motifs is 1. The highest BCUT2D eigenvalue weighted by molar-refractivity contribution is 5.17. The molecule has 0 aromatic carbocycles. The van der Waals surface area contributed by atoms with Crippen molar-refractivity contribution in [2.75, 3.05) is 6.54 Å². The number of nitrogens with zero attached hydrogens (tertiary/aromatic N) is 2. The number of hydrogen-bond acceptors (Lipinski definition) is 2. The third-order valence-corrected chi connectivity index (χ3v) is 2.49. The molecule has 1 aliphatic heterocycles. The van der Waals surface area contributed by atoms with Gasteiger partial charge in [0.1, 0.15) is 6.20 Å². The predicted octanol–water partition coefficient (Wildman–Crippen LogP) is 0.976. The summed E-state index contributed by atoms with van der Waals surface area (Å²) in [5, 5.41) is 6.91. The average molecular weight is 164 g/mol. The summed E-state index contributed by atoms with van der Waals surface area (Å²) in [6.45, 7) is 6.60. The van der Waals surface area contributed by atoms with E-state index in [9.17, 15) is 0 Å². The molecular weight excluding hydrogens is 150 g/mol.